The monoisotopic (exact) mass is 311 g/mol. The first-order valence-electron chi connectivity index (χ1n) is 7.40. The summed E-state index contributed by atoms with van der Waals surface area (Å²) < 4.78 is 0. The number of amides is 1. The van der Waals surface area contributed by atoms with Gasteiger partial charge in [0.25, 0.3) is 0 Å². The quantitative estimate of drug-likeness (QED) is 0.695. The summed E-state index contributed by atoms with van der Waals surface area (Å²) in [5.41, 5.74) is -0.0529. The standard InChI is InChI=1S/C16H25NO3S/c1-16(2,9-8-15(19)20)10-11-17-14(18)7-3-5-13-6-4-12-21-13/h4,6,12H,3,5,7-11H2,1-2H3,(H,17,18)(H,19,20). The van der Waals surface area contributed by atoms with Crippen molar-refractivity contribution < 1.29 is 14.7 Å². The molecule has 2 N–H and O–H groups in total. The normalized spacial score (nSPS) is 11.3. The zero-order chi connectivity index (χ0) is 15.7. The van der Waals surface area contributed by atoms with Crippen molar-refractivity contribution in [2.45, 2.75) is 52.4 Å². The van der Waals surface area contributed by atoms with Crippen molar-refractivity contribution in [2.24, 2.45) is 5.41 Å². The van der Waals surface area contributed by atoms with Gasteiger partial charge in [0.15, 0.2) is 0 Å². The molecule has 0 aliphatic heterocycles. The molecule has 0 saturated heterocycles. The maximum atomic E-state index is 11.7. The maximum Gasteiger partial charge on any atom is 0.303 e. The maximum absolute atomic E-state index is 11.7. The second-order valence-corrected chi connectivity index (χ2v) is 7.12. The molecule has 0 fully saturated rings. The minimum absolute atomic E-state index is 0.0529. The summed E-state index contributed by atoms with van der Waals surface area (Å²) in [5, 5.41) is 13.7. The summed E-state index contributed by atoms with van der Waals surface area (Å²) in [6.07, 6.45) is 3.99. The van der Waals surface area contributed by atoms with Crippen LogP contribution in [-0.4, -0.2) is 23.5 Å². The van der Waals surface area contributed by atoms with Crippen LogP contribution in [0.5, 0.6) is 0 Å². The lowest BCUT2D eigenvalue weighted by Gasteiger charge is -2.23. The van der Waals surface area contributed by atoms with Crippen LogP contribution in [0.25, 0.3) is 0 Å². The van der Waals surface area contributed by atoms with Gasteiger partial charge in [0.2, 0.25) is 5.91 Å². The number of hydrogen-bond donors (Lipinski definition) is 2. The average molecular weight is 311 g/mol. The van der Waals surface area contributed by atoms with Crippen LogP contribution in [0, 0.1) is 5.41 Å². The molecule has 0 spiro atoms. The Labute approximate surface area is 130 Å². The van der Waals surface area contributed by atoms with Gasteiger partial charge in [-0.25, -0.2) is 0 Å². The van der Waals surface area contributed by atoms with Gasteiger partial charge in [0.1, 0.15) is 0 Å². The van der Waals surface area contributed by atoms with Crippen molar-refractivity contribution in [1.29, 1.82) is 0 Å². The van der Waals surface area contributed by atoms with Crippen molar-refractivity contribution in [2.75, 3.05) is 6.54 Å². The summed E-state index contributed by atoms with van der Waals surface area (Å²) >= 11 is 1.72. The Bertz CT molecular complexity index is 440. The SMILES string of the molecule is CC(C)(CCNC(=O)CCCc1cccs1)CCC(=O)O. The predicted molar refractivity (Wildman–Crippen MR) is 85.5 cm³/mol. The highest BCUT2D eigenvalue weighted by molar-refractivity contribution is 7.09. The van der Waals surface area contributed by atoms with E-state index in [1.165, 1.54) is 4.88 Å². The molecule has 5 heteroatoms. The van der Waals surface area contributed by atoms with Crippen molar-refractivity contribution in [3.05, 3.63) is 22.4 Å². The van der Waals surface area contributed by atoms with Gasteiger partial charge in [0, 0.05) is 24.3 Å². The van der Waals surface area contributed by atoms with E-state index in [9.17, 15) is 9.59 Å². The largest absolute Gasteiger partial charge is 0.481 e. The molecule has 0 bridgehead atoms. The molecule has 1 rings (SSSR count). The highest BCUT2D eigenvalue weighted by Crippen LogP contribution is 2.26. The van der Waals surface area contributed by atoms with Crippen LogP contribution in [0.15, 0.2) is 17.5 Å². The zero-order valence-corrected chi connectivity index (χ0v) is 13.7. The molecule has 0 radical (unpaired) electrons. The van der Waals surface area contributed by atoms with Crippen LogP contribution in [-0.2, 0) is 16.0 Å². The Morgan fingerprint density at radius 1 is 1.29 bits per heavy atom. The number of aryl methyl sites for hydroxylation is 1. The van der Waals surface area contributed by atoms with Gasteiger partial charge in [-0.05, 0) is 42.5 Å². The predicted octanol–water partition coefficient (Wildman–Crippen LogP) is 3.47. The van der Waals surface area contributed by atoms with E-state index in [4.69, 9.17) is 5.11 Å². The smallest absolute Gasteiger partial charge is 0.303 e. The molecule has 0 aromatic carbocycles. The molecule has 1 aromatic heterocycles. The zero-order valence-electron chi connectivity index (χ0n) is 12.9. The molecule has 1 amide bonds. The number of thiophene rings is 1. The number of carboxylic acid groups (broad SMARTS) is 1. The fourth-order valence-corrected chi connectivity index (χ4v) is 2.83. The molecule has 0 aliphatic rings. The van der Waals surface area contributed by atoms with Crippen molar-refractivity contribution in [3.63, 3.8) is 0 Å². The van der Waals surface area contributed by atoms with Crippen LogP contribution in [0.3, 0.4) is 0 Å². The molecule has 0 aliphatic carbocycles. The van der Waals surface area contributed by atoms with Crippen LogP contribution in [0.1, 0.15) is 50.8 Å². The summed E-state index contributed by atoms with van der Waals surface area (Å²) in [5.74, 6) is -0.679. The Kier molecular flexibility index (Phi) is 7.43. The van der Waals surface area contributed by atoms with Gasteiger partial charge >= 0.3 is 5.97 Å². The molecule has 1 heterocycles. The summed E-state index contributed by atoms with van der Waals surface area (Å²) in [4.78, 5) is 23.6. The van der Waals surface area contributed by atoms with Gasteiger partial charge in [-0.2, -0.15) is 0 Å². The third kappa shape index (κ3) is 8.50. The van der Waals surface area contributed by atoms with Gasteiger partial charge < -0.3 is 10.4 Å². The second kappa shape index (κ2) is 8.82. The van der Waals surface area contributed by atoms with Crippen LogP contribution < -0.4 is 5.32 Å². The van der Waals surface area contributed by atoms with Crippen molar-refractivity contribution in [1.82, 2.24) is 5.32 Å². The van der Waals surface area contributed by atoms with E-state index in [0.29, 0.717) is 19.4 Å². The third-order valence-electron chi connectivity index (χ3n) is 3.55. The van der Waals surface area contributed by atoms with Crippen molar-refractivity contribution in [3.8, 4) is 0 Å². The third-order valence-corrected chi connectivity index (χ3v) is 4.48. The number of rotatable bonds is 10. The van der Waals surface area contributed by atoms with Crippen LogP contribution >= 0.6 is 11.3 Å². The number of carbonyl (C=O) groups excluding carboxylic acids is 1. The number of carbonyl (C=O) groups is 2. The topological polar surface area (TPSA) is 66.4 Å². The molecular formula is C16H25NO3S. The molecule has 118 valence electrons. The Hall–Kier alpha value is -1.36. The lowest BCUT2D eigenvalue weighted by atomic mass is 9.84. The summed E-state index contributed by atoms with van der Waals surface area (Å²) in [7, 11) is 0. The van der Waals surface area contributed by atoms with E-state index in [2.05, 4.69) is 16.8 Å². The Morgan fingerprint density at radius 3 is 2.67 bits per heavy atom. The summed E-state index contributed by atoms with van der Waals surface area (Å²) in [6, 6.07) is 4.12. The number of carboxylic acids is 1. The molecule has 0 unspecified atom stereocenters. The molecule has 0 saturated carbocycles. The van der Waals surface area contributed by atoms with E-state index in [1.54, 1.807) is 11.3 Å². The average Bonchev–Trinajstić information content (AvgIpc) is 2.89. The lowest BCUT2D eigenvalue weighted by Crippen LogP contribution is -2.28. The van der Waals surface area contributed by atoms with Gasteiger partial charge in [-0.3, -0.25) is 9.59 Å². The molecule has 0 atom stereocenters. The van der Waals surface area contributed by atoms with E-state index in [-0.39, 0.29) is 17.7 Å². The van der Waals surface area contributed by atoms with Crippen LogP contribution in [0.2, 0.25) is 0 Å². The Balaban J connectivity index is 2.10. The fraction of sp³-hybridized carbons (Fsp3) is 0.625. The minimum atomic E-state index is -0.763. The highest BCUT2D eigenvalue weighted by Gasteiger charge is 2.19. The molecule has 21 heavy (non-hydrogen) atoms. The minimum Gasteiger partial charge on any atom is -0.481 e. The van der Waals surface area contributed by atoms with Crippen molar-refractivity contribution >= 4 is 23.2 Å². The van der Waals surface area contributed by atoms with E-state index < -0.39 is 5.97 Å². The van der Waals surface area contributed by atoms with E-state index in [0.717, 1.165) is 19.3 Å². The van der Waals surface area contributed by atoms with Crippen LogP contribution in [0.4, 0.5) is 0 Å². The number of hydrogen-bond acceptors (Lipinski definition) is 3. The second-order valence-electron chi connectivity index (χ2n) is 6.09. The number of aliphatic carboxylic acids is 1. The molecule has 4 nitrogen and oxygen atoms in total. The van der Waals surface area contributed by atoms with Gasteiger partial charge in [0.05, 0.1) is 0 Å². The first-order chi connectivity index (χ1) is 9.89. The lowest BCUT2D eigenvalue weighted by molar-refractivity contribution is -0.137. The molecular weight excluding hydrogens is 286 g/mol. The number of nitrogens with one attached hydrogen (secondary N) is 1. The molecule has 1 aromatic rings. The first kappa shape index (κ1) is 17.7. The summed E-state index contributed by atoms with van der Waals surface area (Å²) in [6.45, 7) is 4.70. The highest BCUT2D eigenvalue weighted by atomic mass is 32.1. The first-order valence-corrected chi connectivity index (χ1v) is 8.28. The van der Waals surface area contributed by atoms with Gasteiger partial charge in [-0.15, -0.1) is 11.3 Å². The van der Waals surface area contributed by atoms with Gasteiger partial charge in [-0.1, -0.05) is 19.9 Å². The van der Waals surface area contributed by atoms with E-state index >= 15 is 0 Å². The fourth-order valence-electron chi connectivity index (χ4n) is 2.08. The van der Waals surface area contributed by atoms with E-state index in [1.807, 2.05) is 19.9 Å². The Morgan fingerprint density at radius 2 is 2.05 bits per heavy atom.